The van der Waals surface area contributed by atoms with Crippen molar-refractivity contribution in [3.63, 3.8) is 0 Å². The maximum atomic E-state index is 14.1. The first kappa shape index (κ1) is 29.1. The monoisotopic (exact) mass is 571 g/mol. The SMILES string of the molecule is CC(C)CN(CC(=O)N(Cc1cccn1Cc1ccccc1)C1CCCCC1)S(=O)(=O)c1ccc2ccccc2c1. The third-order valence-electron chi connectivity index (χ3n) is 8.03. The molecule has 1 heterocycles. The first-order valence-electron chi connectivity index (χ1n) is 14.8. The summed E-state index contributed by atoms with van der Waals surface area (Å²) in [4.78, 5) is 16.3. The molecule has 0 unspecified atom stereocenters. The smallest absolute Gasteiger partial charge is 0.243 e. The highest BCUT2D eigenvalue weighted by atomic mass is 32.2. The maximum Gasteiger partial charge on any atom is 0.243 e. The summed E-state index contributed by atoms with van der Waals surface area (Å²) in [7, 11) is -3.88. The Balaban J connectivity index is 1.41. The Bertz CT molecular complexity index is 1560. The molecular weight excluding hydrogens is 530 g/mol. The highest BCUT2D eigenvalue weighted by molar-refractivity contribution is 7.89. The van der Waals surface area contributed by atoms with Gasteiger partial charge in [-0.3, -0.25) is 4.79 Å². The van der Waals surface area contributed by atoms with Gasteiger partial charge in [0.1, 0.15) is 0 Å². The van der Waals surface area contributed by atoms with E-state index < -0.39 is 10.0 Å². The van der Waals surface area contributed by atoms with Gasteiger partial charge in [-0.05, 0) is 59.4 Å². The van der Waals surface area contributed by atoms with Crippen LogP contribution in [0.5, 0.6) is 0 Å². The Hall–Kier alpha value is -3.42. The summed E-state index contributed by atoms with van der Waals surface area (Å²) in [6.07, 6.45) is 7.31. The summed E-state index contributed by atoms with van der Waals surface area (Å²) in [5.74, 6) is -0.0568. The van der Waals surface area contributed by atoms with Crippen LogP contribution in [0, 0.1) is 5.92 Å². The molecule has 0 N–H and O–H groups in total. The lowest BCUT2D eigenvalue weighted by Gasteiger charge is -2.36. The number of carbonyl (C=O) groups is 1. The molecule has 0 spiro atoms. The van der Waals surface area contributed by atoms with E-state index in [0.29, 0.717) is 6.54 Å². The van der Waals surface area contributed by atoms with Crippen LogP contribution < -0.4 is 0 Å². The Morgan fingerprint density at radius 3 is 2.32 bits per heavy atom. The fraction of sp³-hybridized carbons (Fsp3) is 0.382. The summed E-state index contributed by atoms with van der Waals surface area (Å²) in [6, 6.07) is 27.5. The second kappa shape index (κ2) is 13.0. The molecular formula is C34H41N3O3S. The van der Waals surface area contributed by atoms with E-state index in [0.717, 1.165) is 48.7 Å². The van der Waals surface area contributed by atoms with E-state index in [2.05, 4.69) is 29.0 Å². The van der Waals surface area contributed by atoms with Gasteiger partial charge in [-0.25, -0.2) is 8.42 Å². The molecule has 1 aliphatic rings. The van der Waals surface area contributed by atoms with Gasteiger partial charge in [-0.15, -0.1) is 0 Å². The van der Waals surface area contributed by atoms with Gasteiger partial charge < -0.3 is 9.47 Å². The van der Waals surface area contributed by atoms with Crippen molar-refractivity contribution >= 4 is 26.7 Å². The van der Waals surface area contributed by atoms with Crippen molar-refractivity contribution < 1.29 is 13.2 Å². The summed E-state index contributed by atoms with van der Waals surface area (Å²) >= 11 is 0. The molecule has 41 heavy (non-hydrogen) atoms. The average molecular weight is 572 g/mol. The molecule has 0 radical (unpaired) electrons. The number of sulfonamides is 1. The van der Waals surface area contributed by atoms with E-state index in [1.54, 1.807) is 12.1 Å². The molecule has 0 bridgehead atoms. The lowest BCUT2D eigenvalue weighted by Crippen LogP contribution is -2.48. The maximum absolute atomic E-state index is 14.1. The number of benzene rings is 3. The molecule has 5 rings (SSSR count). The zero-order valence-electron chi connectivity index (χ0n) is 24.2. The minimum Gasteiger partial charge on any atom is -0.345 e. The third kappa shape index (κ3) is 7.08. The lowest BCUT2D eigenvalue weighted by atomic mass is 9.94. The molecule has 216 valence electrons. The zero-order chi connectivity index (χ0) is 28.8. The van der Waals surface area contributed by atoms with Crippen molar-refractivity contribution in [1.29, 1.82) is 0 Å². The summed E-state index contributed by atoms with van der Waals surface area (Å²) in [6.45, 7) is 5.29. The van der Waals surface area contributed by atoms with Gasteiger partial charge in [0.2, 0.25) is 15.9 Å². The topological polar surface area (TPSA) is 62.6 Å². The van der Waals surface area contributed by atoms with Crippen LogP contribution >= 0.6 is 0 Å². The van der Waals surface area contributed by atoms with Gasteiger partial charge in [0.05, 0.1) is 18.0 Å². The minimum absolute atomic E-state index is 0.0734. The second-order valence-corrected chi connectivity index (χ2v) is 13.6. The number of nitrogens with zero attached hydrogens (tertiary/aromatic N) is 3. The van der Waals surface area contributed by atoms with Crippen molar-refractivity contribution in [1.82, 2.24) is 13.8 Å². The third-order valence-corrected chi connectivity index (χ3v) is 9.83. The largest absolute Gasteiger partial charge is 0.345 e. The van der Waals surface area contributed by atoms with E-state index in [4.69, 9.17) is 0 Å². The quantitative estimate of drug-likeness (QED) is 0.201. The zero-order valence-corrected chi connectivity index (χ0v) is 25.0. The van der Waals surface area contributed by atoms with Crippen molar-refractivity contribution in [3.05, 3.63) is 102 Å². The van der Waals surface area contributed by atoms with Crippen LogP contribution in [0.2, 0.25) is 0 Å². The van der Waals surface area contributed by atoms with E-state index >= 15 is 0 Å². The average Bonchev–Trinajstić information content (AvgIpc) is 3.42. The first-order valence-corrected chi connectivity index (χ1v) is 16.2. The number of aromatic nitrogens is 1. The molecule has 0 saturated heterocycles. The molecule has 7 heteroatoms. The summed E-state index contributed by atoms with van der Waals surface area (Å²) in [5, 5.41) is 1.85. The van der Waals surface area contributed by atoms with Crippen molar-refractivity contribution in [3.8, 4) is 0 Å². The van der Waals surface area contributed by atoms with Crippen LogP contribution in [-0.4, -0.2) is 47.2 Å². The van der Waals surface area contributed by atoms with Gasteiger partial charge in [0.25, 0.3) is 0 Å². The molecule has 1 saturated carbocycles. The molecule has 0 atom stereocenters. The van der Waals surface area contributed by atoms with Crippen molar-refractivity contribution in [2.45, 2.75) is 70.0 Å². The van der Waals surface area contributed by atoms with Gasteiger partial charge in [0, 0.05) is 31.0 Å². The second-order valence-electron chi connectivity index (χ2n) is 11.6. The highest BCUT2D eigenvalue weighted by Crippen LogP contribution is 2.27. The molecule has 3 aromatic carbocycles. The van der Waals surface area contributed by atoms with E-state index in [1.807, 2.05) is 73.3 Å². The number of rotatable bonds is 11. The molecule has 1 amide bonds. The van der Waals surface area contributed by atoms with Gasteiger partial charge in [-0.1, -0.05) is 93.8 Å². The van der Waals surface area contributed by atoms with Gasteiger partial charge >= 0.3 is 0 Å². The van der Waals surface area contributed by atoms with Gasteiger partial charge in [-0.2, -0.15) is 4.31 Å². The molecule has 4 aromatic rings. The standard InChI is InChI=1S/C34H41N3O3S/c1-27(2)23-36(41(39,40)33-20-19-29-14-9-10-15-30(29)22-33)26-34(38)37(31-16-7-4-8-17-31)25-32-18-11-21-35(32)24-28-12-5-3-6-13-28/h3,5-6,9-15,18-22,27,31H,4,7-8,16-17,23-26H2,1-2H3. The molecule has 1 aromatic heterocycles. The molecule has 0 aliphatic heterocycles. The fourth-order valence-electron chi connectivity index (χ4n) is 5.89. The fourth-order valence-corrected chi connectivity index (χ4v) is 7.48. The lowest BCUT2D eigenvalue weighted by molar-refractivity contribution is -0.135. The number of hydrogen-bond donors (Lipinski definition) is 0. The van der Waals surface area contributed by atoms with E-state index in [1.165, 1.54) is 16.3 Å². The number of amides is 1. The number of carbonyl (C=O) groups excluding carboxylic acids is 1. The number of hydrogen-bond acceptors (Lipinski definition) is 3. The molecule has 1 aliphatic carbocycles. The molecule has 1 fully saturated rings. The minimum atomic E-state index is -3.88. The normalized spacial score (nSPS) is 14.6. The van der Waals surface area contributed by atoms with Crippen LogP contribution in [0.25, 0.3) is 10.8 Å². The van der Waals surface area contributed by atoms with Gasteiger partial charge in [0.15, 0.2) is 0 Å². The van der Waals surface area contributed by atoms with Crippen LogP contribution in [0.15, 0.2) is 96.0 Å². The van der Waals surface area contributed by atoms with E-state index in [-0.39, 0.29) is 35.9 Å². The van der Waals surface area contributed by atoms with Crippen molar-refractivity contribution in [2.75, 3.05) is 13.1 Å². The summed E-state index contributed by atoms with van der Waals surface area (Å²) in [5.41, 5.74) is 2.26. The number of fused-ring (bicyclic) bond motifs is 1. The molecule has 6 nitrogen and oxygen atoms in total. The summed E-state index contributed by atoms with van der Waals surface area (Å²) < 4.78 is 31.5. The first-order chi connectivity index (χ1) is 19.8. The van der Waals surface area contributed by atoms with Crippen LogP contribution in [0.3, 0.4) is 0 Å². The van der Waals surface area contributed by atoms with E-state index in [9.17, 15) is 13.2 Å². The van der Waals surface area contributed by atoms with Crippen LogP contribution in [0.1, 0.15) is 57.2 Å². The Morgan fingerprint density at radius 1 is 0.878 bits per heavy atom. The predicted molar refractivity (Wildman–Crippen MR) is 165 cm³/mol. The van der Waals surface area contributed by atoms with Crippen LogP contribution in [-0.2, 0) is 27.9 Å². The Labute approximate surface area is 244 Å². The van der Waals surface area contributed by atoms with Crippen LogP contribution in [0.4, 0.5) is 0 Å². The Morgan fingerprint density at radius 2 is 1.59 bits per heavy atom. The predicted octanol–water partition coefficient (Wildman–Crippen LogP) is 6.70. The van der Waals surface area contributed by atoms with Crippen molar-refractivity contribution in [2.24, 2.45) is 5.92 Å². The Kier molecular flexibility index (Phi) is 9.25. The highest BCUT2D eigenvalue weighted by Gasteiger charge is 2.32.